The van der Waals surface area contributed by atoms with Crippen LogP contribution in [0.4, 0.5) is 0 Å². The van der Waals surface area contributed by atoms with Crippen molar-refractivity contribution in [3.63, 3.8) is 0 Å². The summed E-state index contributed by atoms with van der Waals surface area (Å²) in [6.45, 7) is 6.64. The minimum absolute atomic E-state index is 0.0457. The van der Waals surface area contributed by atoms with Crippen LogP contribution in [0.1, 0.15) is 26.7 Å². The van der Waals surface area contributed by atoms with E-state index in [0.717, 1.165) is 26.1 Å². The van der Waals surface area contributed by atoms with Gasteiger partial charge in [0.2, 0.25) is 5.91 Å². The molecule has 1 unspecified atom stereocenters. The lowest BCUT2D eigenvalue weighted by atomic mass is 10.2. The van der Waals surface area contributed by atoms with Crippen molar-refractivity contribution in [2.45, 2.75) is 32.7 Å². The van der Waals surface area contributed by atoms with Gasteiger partial charge in [-0.25, -0.2) is 0 Å². The first kappa shape index (κ1) is 13.0. The van der Waals surface area contributed by atoms with Gasteiger partial charge in [0, 0.05) is 39.1 Å². The Bertz CT molecular complexity index is 268. The third-order valence-corrected chi connectivity index (χ3v) is 3.07. The van der Waals surface area contributed by atoms with Crippen molar-refractivity contribution in [1.82, 2.24) is 9.80 Å². The summed E-state index contributed by atoms with van der Waals surface area (Å²) < 4.78 is 0. The molecule has 5 nitrogen and oxygen atoms in total. The van der Waals surface area contributed by atoms with Gasteiger partial charge >= 0.3 is 5.97 Å². The van der Waals surface area contributed by atoms with Gasteiger partial charge in [0.25, 0.3) is 0 Å². The van der Waals surface area contributed by atoms with Crippen molar-refractivity contribution < 1.29 is 14.7 Å². The molecule has 0 aromatic carbocycles. The Morgan fingerprint density at radius 1 is 1.25 bits per heavy atom. The van der Waals surface area contributed by atoms with Crippen molar-refractivity contribution in [1.29, 1.82) is 0 Å². The van der Waals surface area contributed by atoms with E-state index in [1.807, 2.05) is 11.8 Å². The normalized spacial score (nSPS) is 20.2. The molecule has 0 radical (unpaired) electrons. The van der Waals surface area contributed by atoms with Crippen molar-refractivity contribution >= 4 is 11.9 Å². The predicted molar refractivity (Wildman–Crippen MR) is 60.2 cm³/mol. The number of amides is 1. The summed E-state index contributed by atoms with van der Waals surface area (Å²) in [5.41, 5.74) is 0. The first-order chi connectivity index (χ1) is 7.50. The summed E-state index contributed by atoms with van der Waals surface area (Å²) in [5.74, 6) is -0.659. The maximum Gasteiger partial charge on any atom is 0.304 e. The van der Waals surface area contributed by atoms with E-state index >= 15 is 0 Å². The SMILES string of the molecule is CC(=O)N1CCCN(C(C)CC(=O)O)CC1. The van der Waals surface area contributed by atoms with E-state index in [4.69, 9.17) is 5.11 Å². The molecular formula is C11H20N2O3. The van der Waals surface area contributed by atoms with Gasteiger partial charge in [-0.2, -0.15) is 0 Å². The first-order valence-electron chi connectivity index (χ1n) is 5.72. The zero-order chi connectivity index (χ0) is 12.1. The van der Waals surface area contributed by atoms with E-state index in [2.05, 4.69) is 4.90 Å². The number of carboxylic acid groups (broad SMARTS) is 1. The minimum Gasteiger partial charge on any atom is -0.481 e. The lowest BCUT2D eigenvalue weighted by molar-refractivity contribution is -0.138. The highest BCUT2D eigenvalue weighted by Crippen LogP contribution is 2.09. The smallest absolute Gasteiger partial charge is 0.304 e. The van der Waals surface area contributed by atoms with Gasteiger partial charge in [0.15, 0.2) is 0 Å². The summed E-state index contributed by atoms with van der Waals surface area (Å²) in [6.07, 6.45) is 1.09. The maximum atomic E-state index is 11.2. The average molecular weight is 228 g/mol. The van der Waals surface area contributed by atoms with Crippen molar-refractivity contribution in [2.24, 2.45) is 0 Å². The zero-order valence-corrected chi connectivity index (χ0v) is 9.98. The predicted octanol–water partition coefficient (Wildman–Crippen LogP) is 0.404. The Morgan fingerprint density at radius 3 is 2.50 bits per heavy atom. The molecule has 0 saturated carbocycles. The topological polar surface area (TPSA) is 60.9 Å². The van der Waals surface area contributed by atoms with Crippen LogP contribution in [0.25, 0.3) is 0 Å². The second-order valence-electron chi connectivity index (χ2n) is 4.34. The van der Waals surface area contributed by atoms with Gasteiger partial charge in [-0.15, -0.1) is 0 Å². The Kier molecular flexibility index (Phi) is 4.73. The molecule has 16 heavy (non-hydrogen) atoms. The van der Waals surface area contributed by atoms with Crippen molar-refractivity contribution in [3.05, 3.63) is 0 Å². The van der Waals surface area contributed by atoms with Gasteiger partial charge in [0.1, 0.15) is 0 Å². The van der Waals surface area contributed by atoms with Crippen LogP contribution < -0.4 is 0 Å². The van der Waals surface area contributed by atoms with Gasteiger partial charge < -0.3 is 10.0 Å². The molecule has 92 valence electrons. The molecule has 0 aliphatic carbocycles. The number of carbonyl (C=O) groups excluding carboxylic acids is 1. The van der Waals surface area contributed by atoms with Crippen LogP contribution in [0.5, 0.6) is 0 Å². The standard InChI is InChI=1S/C11H20N2O3/c1-9(8-11(15)16)12-4-3-5-13(7-6-12)10(2)14/h9H,3-8H2,1-2H3,(H,15,16). The van der Waals surface area contributed by atoms with E-state index in [1.54, 1.807) is 6.92 Å². The average Bonchev–Trinajstić information content (AvgIpc) is 2.41. The van der Waals surface area contributed by atoms with E-state index in [-0.39, 0.29) is 18.4 Å². The van der Waals surface area contributed by atoms with E-state index in [9.17, 15) is 9.59 Å². The Morgan fingerprint density at radius 2 is 1.94 bits per heavy atom. The Labute approximate surface area is 96.0 Å². The van der Waals surface area contributed by atoms with Crippen LogP contribution in [0.3, 0.4) is 0 Å². The highest BCUT2D eigenvalue weighted by atomic mass is 16.4. The fourth-order valence-corrected chi connectivity index (χ4v) is 2.07. The molecule has 1 aliphatic rings. The van der Waals surface area contributed by atoms with E-state index in [1.165, 1.54) is 0 Å². The number of rotatable bonds is 3. The fourth-order valence-electron chi connectivity index (χ4n) is 2.07. The first-order valence-corrected chi connectivity index (χ1v) is 5.72. The highest BCUT2D eigenvalue weighted by Gasteiger charge is 2.21. The lowest BCUT2D eigenvalue weighted by Crippen LogP contribution is -2.38. The molecule has 1 N–H and O–H groups in total. The summed E-state index contributed by atoms with van der Waals surface area (Å²) >= 11 is 0. The number of carbonyl (C=O) groups is 2. The van der Waals surface area contributed by atoms with Crippen LogP contribution >= 0.6 is 0 Å². The zero-order valence-electron chi connectivity index (χ0n) is 9.98. The molecule has 1 fully saturated rings. The maximum absolute atomic E-state index is 11.2. The molecule has 0 aromatic rings. The third kappa shape index (κ3) is 3.81. The number of nitrogens with zero attached hydrogens (tertiary/aromatic N) is 2. The van der Waals surface area contributed by atoms with Gasteiger partial charge in [-0.05, 0) is 13.3 Å². The largest absolute Gasteiger partial charge is 0.481 e. The third-order valence-electron chi connectivity index (χ3n) is 3.07. The summed E-state index contributed by atoms with van der Waals surface area (Å²) in [5, 5.41) is 8.73. The molecule has 1 aliphatic heterocycles. The Balaban J connectivity index is 2.46. The highest BCUT2D eigenvalue weighted by molar-refractivity contribution is 5.73. The van der Waals surface area contributed by atoms with Crippen molar-refractivity contribution in [2.75, 3.05) is 26.2 Å². The van der Waals surface area contributed by atoms with Gasteiger partial charge in [0.05, 0.1) is 6.42 Å². The number of carboxylic acids is 1. The fraction of sp³-hybridized carbons (Fsp3) is 0.818. The van der Waals surface area contributed by atoms with Crippen molar-refractivity contribution in [3.8, 4) is 0 Å². The summed E-state index contributed by atoms with van der Waals surface area (Å²) in [6, 6.07) is 0.0457. The van der Waals surface area contributed by atoms with Crippen LogP contribution in [0.15, 0.2) is 0 Å². The molecule has 0 bridgehead atoms. The molecule has 1 rings (SSSR count). The van der Waals surface area contributed by atoms with Gasteiger partial charge in [-0.3, -0.25) is 14.5 Å². The van der Waals surface area contributed by atoms with Crippen LogP contribution in [0, 0.1) is 0 Å². The molecular weight excluding hydrogens is 208 g/mol. The second kappa shape index (κ2) is 5.84. The number of aliphatic carboxylic acids is 1. The number of hydrogen-bond donors (Lipinski definition) is 1. The molecule has 1 atom stereocenters. The lowest BCUT2D eigenvalue weighted by Gasteiger charge is -2.26. The van der Waals surface area contributed by atoms with Crippen LogP contribution in [0.2, 0.25) is 0 Å². The molecule has 1 amide bonds. The quantitative estimate of drug-likeness (QED) is 0.759. The van der Waals surface area contributed by atoms with E-state index in [0.29, 0.717) is 6.54 Å². The van der Waals surface area contributed by atoms with Crippen LogP contribution in [-0.4, -0.2) is 59.0 Å². The molecule has 5 heteroatoms. The Hall–Kier alpha value is -1.10. The summed E-state index contributed by atoms with van der Waals surface area (Å²) in [7, 11) is 0. The molecule has 0 spiro atoms. The molecule has 0 aromatic heterocycles. The molecule has 1 heterocycles. The van der Waals surface area contributed by atoms with E-state index < -0.39 is 5.97 Å². The monoisotopic (exact) mass is 228 g/mol. The minimum atomic E-state index is -0.764. The van der Waals surface area contributed by atoms with Crippen LogP contribution in [-0.2, 0) is 9.59 Å². The number of hydrogen-bond acceptors (Lipinski definition) is 3. The summed E-state index contributed by atoms with van der Waals surface area (Å²) in [4.78, 5) is 25.8. The van der Waals surface area contributed by atoms with Gasteiger partial charge in [-0.1, -0.05) is 0 Å². The molecule has 1 saturated heterocycles. The second-order valence-corrected chi connectivity index (χ2v) is 4.34.